The maximum atomic E-state index is 12.0. The fourth-order valence-electron chi connectivity index (χ4n) is 2.08. The Morgan fingerprint density at radius 3 is 2.71 bits per heavy atom. The van der Waals surface area contributed by atoms with E-state index in [1.165, 1.54) is 0 Å². The standard InChI is InChI=1S/C12H13F3O2/c13-12(14,15)7-17-10-6-5-8-3-1-2-4-9(8)11(10)16/h1-4,10-11,16H,5-7H2. The molecule has 0 heterocycles. The predicted molar refractivity (Wildman–Crippen MR) is 55.5 cm³/mol. The van der Waals surface area contributed by atoms with Crippen LogP contribution in [0.15, 0.2) is 24.3 Å². The van der Waals surface area contributed by atoms with Gasteiger partial charge >= 0.3 is 6.18 Å². The first kappa shape index (κ1) is 12.4. The largest absolute Gasteiger partial charge is 0.411 e. The molecule has 94 valence electrons. The number of rotatable bonds is 2. The molecule has 0 spiro atoms. The Balaban J connectivity index is 2.05. The van der Waals surface area contributed by atoms with E-state index < -0.39 is 25.0 Å². The van der Waals surface area contributed by atoms with Crippen molar-refractivity contribution in [1.82, 2.24) is 0 Å². The summed E-state index contributed by atoms with van der Waals surface area (Å²) in [5.41, 5.74) is 1.65. The number of fused-ring (bicyclic) bond motifs is 1. The molecule has 0 radical (unpaired) electrons. The van der Waals surface area contributed by atoms with Crippen LogP contribution in [-0.2, 0) is 11.2 Å². The lowest BCUT2D eigenvalue weighted by Gasteiger charge is -2.30. The lowest BCUT2D eigenvalue weighted by molar-refractivity contribution is -0.197. The second-order valence-corrected chi connectivity index (χ2v) is 4.15. The Morgan fingerprint density at radius 2 is 2.00 bits per heavy atom. The van der Waals surface area contributed by atoms with Gasteiger partial charge in [-0.1, -0.05) is 24.3 Å². The van der Waals surface area contributed by atoms with Gasteiger partial charge in [0.2, 0.25) is 0 Å². The lowest BCUT2D eigenvalue weighted by atomic mass is 9.87. The molecule has 0 amide bonds. The summed E-state index contributed by atoms with van der Waals surface area (Å²) in [7, 11) is 0. The van der Waals surface area contributed by atoms with E-state index in [0.717, 1.165) is 5.56 Å². The van der Waals surface area contributed by atoms with Gasteiger partial charge < -0.3 is 9.84 Å². The molecule has 0 aliphatic heterocycles. The molecular formula is C12H13F3O2. The van der Waals surface area contributed by atoms with E-state index in [9.17, 15) is 18.3 Å². The zero-order valence-electron chi connectivity index (χ0n) is 9.07. The number of aliphatic hydroxyl groups excluding tert-OH is 1. The second kappa shape index (κ2) is 4.66. The van der Waals surface area contributed by atoms with E-state index in [4.69, 9.17) is 4.74 Å². The third-order valence-electron chi connectivity index (χ3n) is 2.89. The predicted octanol–water partition coefficient (Wildman–Crippen LogP) is 2.61. The summed E-state index contributed by atoms with van der Waals surface area (Å²) in [5, 5.41) is 9.93. The third kappa shape index (κ3) is 2.98. The number of hydrogen-bond acceptors (Lipinski definition) is 2. The van der Waals surface area contributed by atoms with Gasteiger partial charge in [0.1, 0.15) is 12.7 Å². The molecule has 0 bridgehead atoms. The molecule has 0 aromatic heterocycles. The van der Waals surface area contributed by atoms with Crippen molar-refractivity contribution in [2.45, 2.75) is 31.2 Å². The highest BCUT2D eigenvalue weighted by Crippen LogP contribution is 2.32. The van der Waals surface area contributed by atoms with Crippen LogP contribution in [0.4, 0.5) is 13.2 Å². The minimum Gasteiger partial charge on any atom is -0.386 e. The maximum Gasteiger partial charge on any atom is 0.411 e. The summed E-state index contributed by atoms with van der Waals surface area (Å²) in [5.74, 6) is 0. The van der Waals surface area contributed by atoms with Gasteiger partial charge in [-0.3, -0.25) is 0 Å². The molecular weight excluding hydrogens is 233 g/mol. The number of hydrogen-bond donors (Lipinski definition) is 1. The van der Waals surface area contributed by atoms with Crippen molar-refractivity contribution in [2.24, 2.45) is 0 Å². The molecule has 0 saturated heterocycles. The molecule has 1 aliphatic carbocycles. The van der Waals surface area contributed by atoms with E-state index in [2.05, 4.69) is 0 Å². The van der Waals surface area contributed by atoms with Gasteiger partial charge in [0.15, 0.2) is 0 Å². The average molecular weight is 246 g/mol. The number of alkyl halides is 3. The molecule has 1 N–H and O–H groups in total. The fourth-order valence-corrected chi connectivity index (χ4v) is 2.08. The van der Waals surface area contributed by atoms with Gasteiger partial charge in [0, 0.05) is 0 Å². The van der Waals surface area contributed by atoms with E-state index in [-0.39, 0.29) is 0 Å². The fraction of sp³-hybridized carbons (Fsp3) is 0.500. The van der Waals surface area contributed by atoms with E-state index in [0.29, 0.717) is 18.4 Å². The molecule has 0 fully saturated rings. The Morgan fingerprint density at radius 1 is 1.29 bits per heavy atom. The average Bonchev–Trinajstić information content (AvgIpc) is 2.27. The first-order valence-electron chi connectivity index (χ1n) is 5.41. The quantitative estimate of drug-likeness (QED) is 0.869. The van der Waals surface area contributed by atoms with Gasteiger partial charge in [0.25, 0.3) is 0 Å². The van der Waals surface area contributed by atoms with Gasteiger partial charge in [0.05, 0.1) is 6.10 Å². The van der Waals surface area contributed by atoms with E-state index in [1.807, 2.05) is 12.1 Å². The number of halogens is 3. The van der Waals surface area contributed by atoms with Gasteiger partial charge in [-0.2, -0.15) is 13.2 Å². The van der Waals surface area contributed by atoms with Crippen molar-refractivity contribution in [3.8, 4) is 0 Å². The van der Waals surface area contributed by atoms with Crippen molar-refractivity contribution in [1.29, 1.82) is 0 Å². The molecule has 2 rings (SSSR count). The highest BCUT2D eigenvalue weighted by atomic mass is 19.4. The molecule has 2 unspecified atom stereocenters. The number of ether oxygens (including phenoxy) is 1. The Kier molecular flexibility index (Phi) is 3.40. The molecule has 0 saturated carbocycles. The molecule has 1 aromatic carbocycles. The molecule has 1 aliphatic rings. The second-order valence-electron chi connectivity index (χ2n) is 4.15. The van der Waals surface area contributed by atoms with Crippen LogP contribution in [-0.4, -0.2) is 24.0 Å². The van der Waals surface area contributed by atoms with Gasteiger partial charge in [-0.15, -0.1) is 0 Å². The van der Waals surface area contributed by atoms with Crippen molar-refractivity contribution >= 4 is 0 Å². The zero-order chi connectivity index (χ0) is 12.5. The monoisotopic (exact) mass is 246 g/mol. The molecule has 2 nitrogen and oxygen atoms in total. The lowest BCUT2D eigenvalue weighted by Crippen LogP contribution is -2.31. The summed E-state index contributed by atoms with van der Waals surface area (Å²) in [6, 6.07) is 7.21. The van der Waals surface area contributed by atoms with E-state index >= 15 is 0 Å². The minimum atomic E-state index is -4.35. The molecule has 2 atom stereocenters. The van der Waals surface area contributed by atoms with Crippen LogP contribution in [0.3, 0.4) is 0 Å². The van der Waals surface area contributed by atoms with Crippen molar-refractivity contribution < 1.29 is 23.0 Å². The van der Waals surface area contributed by atoms with Crippen LogP contribution in [0, 0.1) is 0 Å². The Labute approximate surface area is 97.0 Å². The topological polar surface area (TPSA) is 29.5 Å². The van der Waals surface area contributed by atoms with Crippen LogP contribution in [0.1, 0.15) is 23.7 Å². The Bertz CT molecular complexity index is 390. The van der Waals surface area contributed by atoms with Crippen LogP contribution in [0.5, 0.6) is 0 Å². The SMILES string of the molecule is OC1c2ccccc2CCC1OCC(F)(F)F. The number of aliphatic hydroxyl groups is 1. The van der Waals surface area contributed by atoms with E-state index in [1.54, 1.807) is 12.1 Å². The smallest absolute Gasteiger partial charge is 0.386 e. The highest BCUT2D eigenvalue weighted by Gasteiger charge is 2.33. The molecule has 1 aromatic rings. The summed E-state index contributed by atoms with van der Waals surface area (Å²) >= 11 is 0. The van der Waals surface area contributed by atoms with Crippen LogP contribution >= 0.6 is 0 Å². The normalized spacial score (nSPS) is 24.5. The van der Waals surface area contributed by atoms with Gasteiger partial charge in [-0.05, 0) is 24.0 Å². The first-order valence-corrected chi connectivity index (χ1v) is 5.41. The van der Waals surface area contributed by atoms with Crippen molar-refractivity contribution in [3.63, 3.8) is 0 Å². The minimum absolute atomic E-state index is 0.411. The Hall–Kier alpha value is -1.07. The van der Waals surface area contributed by atoms with Gasteiger partial charge in [-0.25, -0.2) is 0 Å². The zero-order valence-corrected chi connectivity index (χ0v) is 9.07. The van der Waals surface area contributed by atoms with Crippen LogP contribution in [0.25, 0.3) is 0 Å². The van der Waals surface area contributed by atoms with Crippen molar-refractivity contribution in [2.75, 3.05) is 6.61 Å². The maximum absolute atomic E-state index is 12.0. The van der Waals surface area contributed by atoms with Crippen molar-refractivity contribution in [3.05, 3.63) is 35.4 Å². The van der Waals surface area contributed by atoms with Crippen LogP contribution < -0.4 is 0 Å². The summed E-state index contributed by atoms with van der Waals surface area (Å²) in [6.07, 6.45) is -5.05. The highest BCUT2D eigenvalue weighted by molar-refractivity contribution is 5.32. The summed E-state index contributed by atoms with van der Waals surface area (Å²) in [6.45, 7) is -1.31. The third-order valence-corrected chi connectivity index (χ3v) is 2.89. The summed E-state index contributed by atoms with van der Waals surface area (Å²) < 4.78 is 40.8. The summed E-state index contributed by atoms with van der Waals surface area (Å²) in [4.78, 5) is 0. The van der Waals surface area contributed by atoms with Crippen LogP contribution in [0.2, 0.25) is 0 Å². The number of benzene rings is 1. The first-order chi connectivity index (χ1) is 7.97. The number of aryl methyl sites for hydroxylation is 1. The molecule has 5 heteroatoms. The molecule has 17 heavy (non-hydrogen) atoms.